The van der Waals surface area contributed by atoms with Crippen molar-refractivity contribution in [3.8, 4) is 17.4 Å². The first kappa shape index (κ1) is 18.8. The van der Waals surface area contributed by atoms with Gasteiger partial charge in [0.05, 0.1) is 17.5 Å². The zero-order valence-electron chi connectivity index (χ0n) is 16.1. The predicted molar refractivity (Wildman–Crippen MR) is 115 cm³/mol. The van der Waals surface area contributed by atoms with Gasteiger partial charge >= 0.3 is 0 Å². The normalized spacial score (nSPS) is 17.7. The molecular weight excluding hydrogens is 404 g/mol. The molecule has 1 N–H and O–H groups in total. The highest BCUT2D eigenvalue weighted by atomic mass is 32.1. The van der Waals surface area contributed by atoms with E-state index in [1.165, 1.54) is 6.33 Å². The zero-order chi connectivity index (χ0) is 20.3. The van der Waals surface area contributed by atoms with Gasteiger partial charge in [-0.05, 0) is 36.5 Å². The summed E-state index contributed by atoms with van der Waals surface area (Å²) < 4.78 is 22.6. The first-order valence-electron chi connectivity index (χ1n) is 9.66. The van der Waals surface area contributed by atoms with Crippen molar-refractivity contribution >= 4 is 33.9 Å². The number of nitrogens with zero attached hydrogens (tertiary/aromatic N) is 3. The SMILES string of the molecule is S=C(Nc1ccc2c(c1)OCO2)N1CCOC(COc2ncnc3ccccc23)C1. The van der Waals surface area contributed by atoms with Gasteiger partial charge in [0.25, 0.3) is 0 Å². The second-order valence-corrected chi connectivity index (χ2v) is 7.33. The maximum atomic E-state index is 5.96. The van der Waals surface area contributed by atoms with Crippen LogP contribution in [0.1, 0.15) is 0 Å². The van der Waals surface area contributed by atoms with Crippen molar-refractivity contribution in [2.24, 2.45) is 0 Å². The van der Waals surface area contributed by atoms with E-state index in [-0.39, 0.29) is 12.9 Å². The van der Waals surface area contributed by atoms with E-state index in [2.05, 4.69) is 20.2 Å². The minimum absolute atomic E-state index is 0.121. The average Bonchev–Trinajstić information content (AvgIpc) is 3.26. The van der Waals surface area contributed by atoms with Crippen molar-refractivity contribution in [2.45, 2.75) is 6.10 Å². The fourth-order valence-corrected chi connectivity index (χ4v) is 3.73. The summed E-state index contributed by atoms with van der Waals surface area (Å²) in [5.41, 5.74) is 1.71. The van der Waals surface area contributed by atoms with Gasteiger partial charge < -0.3 is 29.2 Å². The van der Waals surface area contributed by atoms with Crippen LogP contribution in [-0.4, -0.2) is 59.2 Å². The molecule has 5 rings (SSSR count). The lowest BCUT2D eigenvalue weighted by atomic mass is 10.2. The van der Waals surface area contributed by atoms with Gasteiger partial charge in [0.15, 0.2) is 16.6 Å². The first-order valence-corrected chi connectivity index (χ1v) is 10.1. The summed E-state index contributed by atoms with van der Waals surface area (Å²) in [5.74, 6) is 2.02. The molecule has 0 aliphatic carbocycles. The Balaban J connectivity index is 1.20. The van der Waals surface area contributed by atoms with E-state index in [0.29, 0.717) is 43.0 Å². The van der Waals surface area contributed by atoms with Gasteiger partial charge in [0, 0.05) is 24.8 Å². The maximum Gasteiger partial charge on any atom is 0.231 e. The molecule has 0 bridgehead atoms. The van der Waals surface area contributed by atoms with Crippen LogP contribution < -0.4 is 19.5 Å². The molecule has 0 radical (unpaired) electrons. The van der Waals surface area contributed by atoms with Crippen LogP contribution in [0.25, 0.3) is 10.9 Å². The lowest BCUT2D eigenvalue weighted by molar-refractivity contribution is -0.0284. The van der Waals surface area contributed by atoms with Crippen LogP contribution in [0, 0.1) is 0 Å². The van der Waals surface area contributed by atoms with Gasteiger partial charge in [-0.3, -0.25) is 0 Å². The van der Waals surface area contributed by atoms with Gasteiger partial charge in [-0.2, -0.15) is 0 Å². The van der Waals surface area contributed by atoms with Gasteiger partial charge in [-0.25, -0.2) is 9.97 Å². The molecule has 30 heavy (non-hydrogen) atoms. The van der Waals surface area contributed by atoms with Crippen LogP contribution in [0.15, 0.2) is 48.8 Å². The number of hydrogen-bond acceptors (Lipinski definition) is 7. The summed E-state index contributed by atoms with van der Waals surface area (Å²) in [5, 5.41) is 4.78. The Hall–Kier alpha value is -3.17. The van der Waals surface area contributed by atoms with E-state index in [1.807, 2.05) is 42.5 Å². The molecule has 3 heterocycles. The van der Waals surface area contributed by atoms with Gasteiger partial charge in [-0.15, -0.1) is 0 Å². The molecule has 0 spiro atoms. The maximum absolute atomic E-state index is 5.96. The molecule has 1 saturated heterocycles. The topological polar surface area (TPSA) is 78.0 Å². The third kappa shape index (κ3) is 3.94. The molecule has 1 atom stereocenters. The van der Waals surface area contributed by atoms with E-state index in [9.17, 15) is 0 Å². The summed E-state index contributed by atoms with van der Waals surface area (Å²) in [6, 6.07) is 13.4. The summed E-state index contributed by atoms with van der Waals surface area (Å²) >= 11 is 5.60. The van der Waals surface area contributed by atoms with E-state index < -0.39 is 0 Å². The van der Waals surface area contributed by atoms with Crippen LogP contribution in [0.3, 0.4) is 0 Å². The van der Waals surface area contributed by atoms with Crippen molar-refractivity contribution in [1.29, 1.82) is 0 Å². The van der Waals surface area contributed by atoms with Crippen LogP contribution in [0.2, 0.25) is 0 Å². The lowest BCUT2D eigenvalue weighted by Crippen LogP contribution is -2.49. The third-order valence-electron chi connectivity index (χ3n) is 4.96. The van der Waals surface area contributed by atoms with E-state index in [1.54, 1.807) is 0 Å². The molecule has 1 unspecified atom stereocenters. The second-order valence-electron chi connectivity index (χ2n) is 6.94. The number of aromatic nitrogens is 2. The highest BCUT2D eigenvalue weighted by Gasteiger charge is 2.24. The number of benzene rings is 2. The van der Waals surface area contributed by atoms with Crippen molar-refractivity contribution < 1.29 is 18.9 Å². The van der Waals surface area contributed by atoms with Gasteiger partial charge in [-0.1, -0.05) is 12.1 Å². The Morgan fingerprint density at radius 1 is 1.17 bits per heavy atom. The summed E-state index contributed by atoms with van der Waals surface area (Å²) in [6.45, 7) is 2.53. The Labute approximate surface area is 178 Å². The molecule has 1 aromatic heterocycles. The Morgan fingerprint density at radius 3 is 3.03 bits per heavy atom. The smallest absolute Gasteiger partial charge is 0.231 e. The highest BCUT2D eigenvalue weighted by molar-refractivity contribution is 7.80. The standard InChI is InChI=1S/C21H20N4O4S/c30-21(24-14-5-6-18-19(9-14)29-13-28-18)25-7-8-26-15(10-25)11-27-20-16-3-1-2-4-17(16)22-12-23-20/h1-6,9,12,15H,7-8,10-11,13H2,(H,24,30). The summed E-state index contributed by atoms with van der Waals surface area (Å²) in [6.07, 6.45) is 1.39. The molecule has 1 fully saturated rings. The quantitative estimate of drug-likeness (QED) is 0.636. The van der Waals surface area contributed by atoms with E-state index in [0.717, 1.165) is 22.3 Å². The monoisotopic (exact) mass is 424 g/mol. The average molecular weight is 424 g/mol. The number of para-hydroxylation sites is 1. The first-order chi connectivity index (χ1) is 14.8. The number of rotatable bonds is 4. The molecule has 2 aromatic carbocycles. The molecule has 154 valence electrons. The lowest BCUT2D eigenvalue weighted by Gasteiger charge is -2.34. The fraction of sp³-hybridized carbons (Fsp3) is 0.286. The van der Waals surface area contributed by atoms with Crippen molar-refractivity contribution in [2.75, 3.05) is 38.4 Å². The summed E-state index contributed by atoms with van der Waals surface area (Å²) in [7, 11) is 0. The molecule has 0 amide bonds. The second kappa shape index (κ2) is 8.29. The number of morpholine rings is 1. The fourth-order valence-electron chi connectivity index (χ4n) is 3.45. The van der Waals surface area contributed by atoms with E-state index in [4.69, 9.17) is 31.2 Å². The Morgan fingerprint density at radius 2 is 2.07 bits per heavy atom. The van der Waals surface area contributed by atoms with Crippen molar-refractivity contribution in [3.05, 3.63) is 48.8 Å². The van der Waals surface area contributed by atoms with Crippen LogP contribution >= 0.6 is 12.2 Å². The molecule has 9 heteroatoms. The number of ether oxygens (including phenoxy) is 4. The number of nitrogens with one attached hydrogen (secondary N) is 1. The molecule has 0 saturated carbocycles. The Bertz CT molecular complexity index is 1070. The van der Waals surface area contributed by atoms with Crippen LogP contribution in [0.5, 0.6) is 17.4 Å². The molecule has 2 aliphatic rings. The molecular formula is C21H20N4O4S. The minimum atomic E-state index is -0.121. The van der Waals surface area contributed by atoms with Crippen LogP contribution in [-0.2, 0) is 4.74 Å². The van der Waals surface area contributed by atoms with Crippen molar-refractivity contribution in [1.82, 2.24) is 14.9 Å². The molecule has 3 aromatic rings. The zero-order valence-corrected chi connectivity index (χ0v) is 16.9. The number of anilines is 1. The molecule has 2 aliphatic heterocycles. The molecule has 8 nitrogen and oxygen atoms in total. The number of hydrogen-bond donors (Lipinski definition) is 1. The predicted octanol–water partition coefficient (Wildman–Crippen LogP) is 2.84. The number of thiocarbonyl (C=S) groups is 1. The van der Waals surface area contributed by atoms with E-state index >= 15 is 0 Å². The van der Waals surface area contributed by atoms with Gasteiger partial charge in [0.2, 0.25) is 12.7 Å². The largest absolute Gasteiger partial charge is 0.474 e. The highest BCUT2D eigenvalue weighted by Crippen LogP contribution is 2.34. The van der Waals surface area contributed by atoms with Gasteiger partial charge in [0.1, 0.15) is 19.0 Å². The third-order valence-corrected chi connectivity index (χ3v) is 5.32. The minimum Gasteiger partial charge on any atom is -0.474 e. The van der Waals surface area contributed by atoms with Crippen molar-refractivity contribution in [3.63, 3.8) is 0 Å². The van der Waals surface area contributed by atoms with Crippen LogP contribution in [0.4, 0.5) is 5.69 Å². The Kier molecular flexibility index (Phi) is 5.20. The summed E-state index contributed by atoms with van der Waals surface area (Å²) in [4.78, 5) is 10.6. The number of fused-ring (bicyclic) bond motifs is 2.